The number of hydrogen-bond donors (Lipinski definition) is 0. The minimum Gasteiger partial charge on any atom is -0.457 e. The predicted molar refractivity (Wildman–Crippen MR) is 81.2 cm³/mol. The van der Waals surface area contributed by atoms with Gasteiger partial charge in [-0.2, -0.15) is 0 Å². The van der Waals surface area contributed by atoms with Crippen molar-refractivity contribution in [3.63, 3.8) is 0 Å². The second-order valence-corrected chi connectivity index (χ2v) is 4.79. The van der Waals surface area contributed by atoms with Gasteiger partial charge in [0.05, 0.1) is 6.61 Å². The van der Waals surface area contributed by atoms with Crippen LogP contribution >= 0.6 is 15.9 Å². The van der Waals surface area contributed by atoms with Crippen LogP contribution in [0.25, 0.3) is 0 Å². The Morgan fingerprint density at radius 2 is 1.74 bits per heavy atom. The normalized spacial score (nSPS) is 10.4. The van der Waals surface area contributed by atoms with E-state index in [4.69, 9.17) is 9.47 Å². The fourth-order valence-corrected chi connectivity index (χ4v) is 2.25. The molecule has 0 unspecified atom stereocenters. The van der Waals surface area contributed by atoms with E-state index in [2.05, 4.69) is 34.1 Å². The highest BCUT2D eigenvalue weighted by molar-refractivity contribution is 9.08. The first-order valence-corrected chi connectivity index (χ1v) is 7.35. The van der Waals surface area contributed by atoms with E-state index < -0.39 is 0 Å². The van der Waals surface area contributed by atoms with Gasteiger partial charge < -0.3 is 9.47 Å². The lowest BCUT2D eigenvalue weighted by molar-refractivity contribution is 0.202. The summed E-state index contributed by atoms with van der Waals surface area (Å²) in [4.78, 5) is 0. The van der Waals surface area contributed by atoms with Crippen molar-refractivity contribution in [3.8, 4) is 11.5 Å². The van der Waals surface area contributed by atoms with Gasteiger partial charge >= 0.3 is 0 Å². The predicted octanol–water partition coefficient (Wildman–Crippen LogP) is 4.56. The number of benzene rings is 2. The lowest BCUT2D eigenvalue weighted by atomic mass is 10.1. The third-order valence-corrected chi connectivity index (χ3v) is 3.47. The van der Waals surface area contributed by atoms with Gasteiger partial charge in [0.1, 0.15) is 11.5 Å². The molecule has 3 heteroatoms. The first kappa shape index (κ1) is 14.1. The Morgan fingerprint density at radius 1 is 1.00 bits per heavy atom. The van der Waals surface area contributed by atoms with E-state index in [1.165, 1.54) is 5.56 Å². The van der Waals surface area contributed by atoms with Crippen LogP contribution in [-0.2, 0) is 16.5 Å². The van der Waals surface area contributed by atoms with Crippen molar-refractivity contribution in [2.24, 2.45) is 0 Å². The van der Waals surface area contributed by atoms with Crippen LogP contribution in [0.2, 0.25) is 0 Å². The first-order chi connectivity index (χ1) is 9.33. The Bertz CT molecular complexity index is 508. The largest absolute Gasteiger partial charge is 0.457 e. The Balaban J connectivity index is 2.06. The monoisotopic (exact) mass is 320 g/mol. The third kappa shape index (κ3) is 4.08. The van der Waals surface area contributed by atoms with Gasteiger partial charge in [-0.25, -0.2) is 0 Å². The maximum absolute atomic E-state index is 5.90. The molecule has 0 aliphatic carbocycles. The Hall–Kier alpha value is -1.32. The molecule has 19 heavy (non-hydrogen) atoms. The number of methoxy groups -OCH3 is 1. The van der Waals surface area contributed by atoms with Crippen LogP contribution in [0.1, 0.15) is 11.1 Å². The lowest BCUT2D eigenvalue weighted by Crippen LogP contribution is -1.94. The summed E-state index contributed by atoms with van der Waals surface area (Å²) in [7, 11) is 1.72. The molecule has 0 atom stereocenters. The second-order valence-electron chi connectivity index (χ2n) is 4.23. The highest BCUT2D eigenvalue weighted by atomic mass is 79.9. The molecule has 2 aromatic carbocycles. The molecule has 0 N–H and O–H groups in total. The van der Waals surface area contributed by atoms with Gasteiger partial charge in [0.25, 0.3) is 0 Å². The van der Waals surface area contributed by atoms with Gasteiger partial charge in [-0.1, -0.05) is 46.3 Å². The van der Waals surface area contributed by atoms with Crippen LogP contribution in [0.4, 0.5) is 0 Å². The highest BCUT2D eigenvalue weighted by Gasteiger charge is 2.03. The van der Waals surface area contributed by atoms with Gasteiger partial charge in [-0.3, -0.25) is 0 Å². The standard InChI is InChI=1S/C16H17BrO2/c1-18-11-10-13-6-8-15(9-7-13)19-16-5-3-2-4-14(16)12-17/h2-9H,10-12H2,1H3. The fourth-order valence-electron chi connectivity index (χ4n) is 1.78. The number of ether oxygens (including phenoxy) is 2. The van der Waals surface area contributed by atoms with Crippen LogP contribution in [0.3, 0.4) is 0 Å². The minimum atomic E-state index is 0.743. The molecule has 0 bridgehead atoms. The van der Waals surface area contributed by atoms with E-state index in [1.54, 1.807) is 7.11 Å². The minimum absolute atomic E-state index is 0.743. The number of para-hydroxylation sites is 1. The maximum atomic E-state index is 5.90. The van der Waals surface area contributed by atoms with Crippen LogP contribution in [0, 0.1) is 0 Å². The van der Waals surface area contributed by atoms with E-state index in [9.17, 15) is 0 Å². The Labute approximate surface area is 122 Å². The average Bonchev–Trinajstić information content (AvgIpc) is 2.47. The molecule has 0 heterocycles. The van der Waals surface area contributed by atoms with Crippen molar-refractivity contribution >= 4 is 15.9 Å². The molecule has 100 valence electrons. The summed E-state index contributed by atoms with van der Waals surface area (Å²) in [5, 5.41) is 0.787. The van der Waals surface area contributed by atoms with E-state index in [0.29, 0.717) is 0 Å². The summed E-state index contributed by atoms with van der Waals surface area (Å²) in [6.07, 6.45) is 0.925. The zero-order valence-electron chi connectivity index (χ0n) is 10.9. The maximum Gasteiger partial charge on any atom is 0.131 e. The molecular formula is C16H17BrO2. The van der Waals surface area contributed by atoms with Crippen LogP contribution in [0.15, 0.2) is 48.5 Å². The number of alkyl halides is 1. The van der Waals surface area contributed by atoms with E-state index in [-0.39, 0.29) is 0 Å². The molecule has 0 radical (unpaired) electrons. The van der Waals surface area contributed by atoms with Crippen molar-refractivity contribution in [2.45, 2.75) is 11.8 Å². The average molecular weight is 321 g/mol. The topological polar surface area (TPSA) is 18.5 Å². The first-order valence-electron chi connectivity index (χ1n) is 6.23. The van der Waals surface area contributed by atoms with E-state index >= 15 is 0 Å². The summed E-state index contributed by atoms with van der Waals surface area (Å²) in [5.41, 5.74) is 2.40. The molecule has 2 aromatic rings. The molecule has 0 amide bonds. The quantitative estimate of drug-likeness (QED) is 0.726. The van der Waals surface area contributed by atoms with Crippen molar-refractivity contribution < 1.29 is 9.47 Å². The zero-order valence-corrected chi connectivity index (χ0v) is 12.5. The second kappa shape index (κ2) is 7.31. The van der Waals surface area contributed by atoms with E-state index in [0.717, 1.165) is 35.4 Å². The number of hydrogen-bond acceptors (Lipinski definition) is 2. The van der Waals surface area contributed by atoms with Crippen LogP contribution < -0.4 is 4.74 Å². The summed E-state index contributed by atoms with van der Waals surface area (Å²) in [6.45, 7) is 0.743. The molecule has 0 saturated carbocycles. The van der Waals surface area contributed by atoms with Crippen molar-refractivity contribution in [3.05, 3.63) is 59.7 Å². The molecule has 0 aliphatic rings. The van der Waals surface area contributed by atoms with Crippen LogP contribution in [-0.4, -0.2) is 13.7 Å². The van der Waals surface area contributed by atoms with E-state index in [1.807, 2.05) is 30.3 Å². The molecule has 2 rings (SSSR count). The van der Waals surface area contributed by atoms with Gasteiger partial charge in [0.15, 0.2) is 0 Å². The number of rotatable bonds is 6. The summed E-state index contributed by atoms with van der Waals surface area (Å²) < 4.78 is 11.0. The summed E-state index contributed by atoms with van der Waals surface area (Å²) >= 11 is 3.47. The molecular weight excluding hydrogens is 304 g/mol. The third-order valence-electron chi connectivity index (χ3n) is 2.86. The van der Waals surface area contributed by atoms with Crippen molar-refractivity contribution in [1.29, 1.82) is 0 Å². The lowest BCUT2D eigenvalue weighted by Gasteiger charge is -2.10. The van der Waals surface area contributed by atoms with Gasteiger partial charge in [-0.15, -0.1) is 0 Å². The van der Waals surface area contributed by atoms with Crippen molar-refractivity contribution in [1.82, 2.24) is 0 Å². The molecule has 0 spiro atoms. The highest BCUT2D eigenvalue weighted by Crippen LogP contribution is 2.26. The number of halogens is 1. The summed E-state index contributed by atoms with van der Waals surface area (Å²) in [5.74, 6) is 1.75. The van der Waals surface area contributed by atoms with Crippen LogP contribution in [0.5, 0.6) is 11.5 Å². The van der Waals surface area contributed by atoms with Crippen molar-refractivity contribution in [2.75, 3.05) is 13.7 Å². The fraction of sp³-hybridized carbons (Fsp3) is 0.250. The zero-order chi connectivity index (χ0) is 13.5. The SMILES string of the molecule is COCCc1ccc(Oc2ccccc2CBr)cc1. The smallest absolute Gasteiger partial charge is 0.131 e. The molecule has 2 nitrogen and oxygen atoms in total. The van der Waals surface area contributed by atoms with Gasteiger partial charge in [-0.05, 0) is 30.2 Å². The Kier molecular flexibility index (Phi) is 5.43. The van der Waals surface area contributed by atoms with Gasteiger partial charge in [0.2, 0.25) is 0 Å². The molecule has 0 fully saturated rings. The molecule has 0 saturated heterocycles. The molecule has 0 aliphatic heterocycles. The summed E-state index contributed by atoms with van der Waals surface area (Å²) in [6, 6.07) is 16.2. The Morgan fingerprint density at radius 3 is 2.42 bits per heavy atom. The molecule has 0 aromatic heterocycles. The van der Waals surface area contributed by atoms with Gasteiger partial charge in [0, 0.05) is 18.0 Å².